The van der Waals surface area contributed by atoms with Crippen LogP contribution in [-0.2, 0) is 18.0 Å². The summed E-state index contributed by atoms with van der Waals surface area (Å²) in [6, 6.07) is 6.09. The lowest BCUT2D eigenvalue weighted by atomic mass is 10.00. The van der Waals surface area contributed by atoms with Gasteiger partial charge in [-0.1, -0.05) is 6.07 Å². The molecule has 0 saturated carbocycles. The van der Waals surface area contributed by atoms with Gasteiger partial charge in [-0.25, -0.2) is 4.98 Å². The average molecular weight is 314 g/mol. The third kappa shape index (κ3) is 2.44. The van der Waals surface area contributed by atoms with Crippen LogP contribution in [-0.4, -0.2) is 22.3 Å². The van der Waals surface area contributed by atoms with Crippen LogP contribution in [0.1, 0.15) is 51.8 Å². The Hall–Kier alpha value is -1.72. The van der Waals surface area contributed by atoms with E-state index in [9.17, 15) is 4.79 Å². The van der Waals surface area contributed by atoms with Crippen molar-refractivity contribution in [2.75, 3.05) is 6.54 Å². The highest BCUT2D eigenvalue weighted by Gasteiger charge is 2.30. The van der Waals surface area contributed by atoms with Crippen LogP contribution in [0, 0.1) is 0 Å². The number of amides is 1. The first kappa shape index (κ1) is 13.9. The molecule has 1 aromatic heterocycles. The Morgan fingerprint density at radius 1 is 1.27 bits per heavy atom. The number of aromatic nitrogens is 1. The fourth-order valence-electron chi connectivity index (χ4n) is 3.30. The van der Waals surface area contributed by atoms with Crippen molar-refractivity contribution in [3.8, 4) is 0 Å². The van der Waals surface area contributed by atoms with Crippen molar-refractivity contribution in [2.24, 2.45) is 0 Å². The molecule has 4 nitrogen and oxygen atoms in total. The lowest BCUT2D eigenvalue weighted by Crippen LogP contribution is -2.38. The molecule has 0 N–H and O–H groups in total. The molecule has 1 unspecified atom stereocenters. The second-order valence-electron chi connectivity index (χ2n) is 5.86. The van der Waals surface area contributed by atoms with Crippen LogP contribution in [0.3, 0.4) is 0 Å². The summed E-state index contributed by atoms with van der Waals surface area (Å²) in [5.74, 6) is 0.120. The molecule has 5 heteroatoms. The van der Waals surface area contributed by atoms with E-state index < -0.39 is 0 Å². The van der Waals surface area contributed by atoms with Gasteiger partial charge in [0.15, 0.2) is 0 Å². The number of nitrogens with zero attached hydrogens (tertiary/aromatic N) is 2. The first-order valence-corrected chi connectivity index (χ1v) is 8.61. The smallest absolute Gasteiger partial charge is 0.254 e. The Balaban J connectivity index is 1.62. The molecule has 22 heavy (non-hydrogen) atoms. The molecular weight excluding hydrogens is 296 g/mol. The number of thiazole rings is 1. The quantitative estimate of drug-likeness (QED) is 0.851. The van der Waals surface area contributed by atoms with E-state index in [4.69, 9.17) is 4.74 Å². The molecule has 1 fully saturated rings. The minimum absolute atomic E-state index is 0.120. The Bertz CT molecular complexity index is 684. The summed E-state index contributed by atoms with van der Waals surface area (Å²) in [4.78, 5) is 19.4. The van der Waals surface area contributed by atoms with Gasteiger partial charge in [0.25, 0.3) is 5.91 Å². The molecule has 0 aliphatic carbocycles. The van der Waals surface area contributed by atoms with Crippen LogP contribution in [0.2, 0.25) is 0 Å². The molecule has 1 aromatic carbocycles. The van der Waals surface area contributed by atoms with E-state index in [0.717, 1.165) is 41.9 Å². The minimum atomic E-state index is 0.120. The van der Waals surface area contributed by atoms with E-state index >= 15 is 0 Å². The Kier molecular flexibility index (Phi) is 3.68. The fourth-order valence-corrected chi connectivity index (χ4v) is 4.09. The Morgan fingerprint density at radius 2 is 2.18 bits per heavy atom. The summed E-state index contributed by atoms with van der Waals surface area (Å²) in [7, 11) is 0. The number of hydrogen-bond acceptors (Lipinski definition) is 4. The zero-order chi connectivity index (χ0) is 14.9. The Morgan fingerprint density at radius 3 is 3.05 bits per heavy atom. The third-order valence-electron chi connectivity index (χ3n) is 4.47. The van der Waals surface area contributed by atoms with Crippen LogP contribution in [0.5, 0.6) is 0 Å². The van der Waals surface area contributed by atoms with Crippen molar-refractivity contribution in [2.45, 2.75) is 38.5 Å². The van der Waals surface area contributed by atoms with Gasteiger partial charge in [-0.15, -0.1) is 11.3 Å². The number of ether oxygens (including phenoxy) is 1. The highest BCUT2D eigenvalue weighted by atomic mass is 32.1. The summed E-state index contributed by atoms with van der Waals surface area (Å²) in [5.41, 5.74) is 3.12. The van der Waals surface area contributed by atoms with Gasteiger partial charge in [-0.05, 0) is 42.5 Å². The standard InChI is InChI=1S/C17H18N2O2S/c20-17(12-4-5-13-10-21-11-14(13)9-12)19-7-2-1-3-15(19)16-18-6-8-22-16/h4-6,8-9,15H,1-3,7,10-11H2. The first-order valence-electron chi connectivity index (χ1n) is 7.73. The van der Waals surface area contributed by atoms with E-state index in [-0.39, 0.29) is 11.9 Å². The predicted molar refractivity (Wildman–Crippen MR) is 84.7 cm³/mol. The van der Waals surface area contributed by atoms with Crippen LogP contribution >= 0.6 is 11.3 Å². The monoisotopic (exact) mass is 314 g/mol. The molecule has 4 rings (SSSR count). The largest absolute Gasteiger partial charge is 0.372 e. The molecule has 1 amide bonds. The van der Waals surface area contributed by atoms with Crippen LogP contribution < -0.4 is 0 Å². The number of benzene rings is 1. The number of carbonyl (C=O) groups excluding carboxylic acids is 1. The summed E-state index contributed by atoms with van der Waals surface area (Å²) in [5, 5.41) is 3.04. The predicted octanol–water partition coefficient (Wildman–Crippen LogP) is 3.54. The van der Waals surface area contributed by atoms with Crippen LogP contribution in [0.15, 0.2) is 29.8 Å². The molecule has 114 valence electrons. The zero-order valence-corrected chi connectivity index (χ0v) is 13.1. The van der Waals surface area contributed by atoms with Gasteiger partial charge in [0, 0.05) is 23.7 Å². The van der Waals surface area contributed by atoms with Crippen molar-refractivity contribution in [3.63, 3.8) is 0 Å². The van der Waals surface area contributed by atoms with Gasteiger partial charge >= 0.3 is 0 Å². The van der Waals surface area contributed by atoms with Gasteiger partial charge in [-0.3, -0.25) is 4.79 Å². The highest BCUT2D eigenvalue weighted by Crippen LogP contribution is 2.33. The zero-order valence-electron chi connectivity index (χ0n) is 12.3. The maximum absolute atomic E-state index is 13.0. The molecule has 0 bridgehead atoms. The maximum Gasteiger partial charge on any atom is 0.254 e. The molecular formula is C17H18N2O2S. The number of fused-ring (bicyclic) bond motifs is 1. The molecule has 2 aromatic rings. The van der Waals surface area contributed by atoms with Crippen molar-refractivity contribution in [3.05, 3.63) is 51.5 Å². The summed E-state index contributed by atoms with van der Waals surface area (Å²) >= 11 is 1.64. The molecule has 0 spiro atoms. The molecule has 2 aliphatic heterocycles. The third-order valence-corrected chi connectivity index (χ3v) is 5.35. The van der Waals surface area contributed by atoms with E-state index in [0.29, 0.717) is 13.2 Å². The first-order chi connectivity index (χ1) is 10.8. The normalized spacial score (nSPS) is 20.9. The number of rotatable bonds is 2. The lowest BCUT2D eigenvalue weighted by molar-refractivity contribution is 0.0611. The molecule has 1 saturated heterocycles. The molecule has 0 radical (unpaired) electrons. The van der Waals surface area contributed by atoms with Crippen molar-refractivity contribution < 1.29 is 9.53 Å². The fraction of sp³-hybridized carbons (Fsp3) is 0.412. The molecule has 1 atom stereocenters. The lowest BCUT2D eigenvalue weighted by Gasteiger charge is -2.34. The SMILES string of the molecule is O=C(c1ccc2c(c1)COC2)N1CCCCC1c1nccs1. The van der Waals surface area contributed by atoms with E-state index in [1.165, 1.54) is 5.56 Å². The van der Waals surface area contributed by atoms with Gasteiger partial charge in [0.2, 0.25) is 0 Å². The second-order valence-corrected chi connectivity index (χ2v) is 6.78. The number of likely N-dealkylation sites (tertiary alicyclic amines) is 1. The van der Waals surface area contributed by atoms with Gasteiger partial charge in [-0.2, -0.15) is 0 Å². The maximum atomic E-state index is 13.0. The average Bonchev–Trinajstić information content (AvgIpc) is 3.24. The van der Waals surface area contributed by atoms with Crippen molar-refractivity contribution in [1.82, 2.24) is 9.88 Å². The van der Waals surface area contributed by atoms with Crippen molar-refractivity contribution in [1.29, 1.82) is 0 Å². The topological polar surface area (TPSA) is 42.4 Å². The van der Waals surface area contributed by atoms with Gasteiger partial charge < -0.3 is 9.64 Å². The van der Waals surface area contributed by atoms with Crippen LogP contribution in [0.4, 0.5) is 0 Å². The molecule has 2 aliphatic rings. The molecule has 3 heterocycles. The number of hydrogen-bond donors (Lipinski definition) is 0. The summed E-state index contributed by atoms with van der Waals surface area (Å²) < 4.78 is 5.44. The number of carbonyl (C=O) groups is 1. The minimum Gasteiger partial charge on any atom is -0.372 e. The summed E-state index contributed by atoms with van der Waals surface area (Å²) in [6.45, 7) is 2.10. The van der Waals surface area contributed by atoms with Crippen molar-refractivity contribution >= 4 is 17.2 Å². The highest BCUT2D eigenvalue weighted by molar-refractivity contribution is 7.09. The van der Waals surface area contributed by atoms with E-state index in [2.05, 4.69) is 4.98 Å². The Labute approximate surface area is 133 Å². The summed E-state index contributed by atoms with van der Waals surface area (Å²) in [6.07, 6.45) is 5.06. The van der Waals surface area contributed by atoms with Gasteiger partial charge in [0.05, 0.1) is 19.3 Å². The van der Waals surface area contributed by atoms with E-state index in [1.54, 1.807) is 11.3 Å². The van der Waals surface area contributed by atoms with Gasteiger partial charge in [0.1, 0.15) is 5.01 Å². The van der Waals surface area contributed by atoms with E-state index in [1.807, 2.05) is 34.7 Å². The second kappa shape index (κ2) is 5.82. The van der Waals surface area contributed by atoms with Crippen LogP contribution in [0.25, 0.3) is 0 Å². The number of piperidine rings is 1.